The molecular weight excluding hydrogens is 381 g/mol. The molecule has 2 aliphatic heterocycles. The summed E-state index contributed by atoms with van der Waals surface area (Å²) in [5.41, 5.74) is 4.47. The lowest BCUT2D eigenvalue weighted by Gasteiger charge is -2.23. The molecule has 2 fully saturated rings. The van der Waals surface area contributed by atoms with Gasteiger partial charge in [0.1, 0.15) is 11.5 Å². The van der Waals surface area contributed by atoms with Gasteiger partial charge in [-0.3, -0.25) is 9.59 Å². The number of para-hydroxylation sites is 1. The van der Waals surface area contributed by atoms with Crippen LogP contribution >= 0.6 is 0 Å². The van der Waals surface area contributed by atoms with Crippen molar-refractivity contribution in [3.8, 4) is 0 Å². The molecule has 0 aromatic heterocycles. The average Bonchev–Trinajstić information content (AvgIpc) is 3.49. The van der Waals surface area contributed by atoms with Crippen molar-refractivity contribution >= 4 is 28.9 Å². The second-order valence-electron chi connectivity index (χ2n) is 8.53. The number of carbonyl (C=O) groups is 2. The predicted octanol–water partition coefficient (Wildman–Crippen LogP) is 3.91. The number of amides is 2. The van der Waals surface area contributed by atoms with E-state index >= 15 is 0 Å². The Morgan fingerprint density at radius 3 is 2.67 bits per heavy atom. The number of fused-ring (bicyclic) bond motifs is 1. The van der Waals surface area contributed by atoms with E-state index in [1.54, 1.807) is 11.0 Å². The number of hydrogen-bond donors (Lipinski definition) is 1. The van der Waals surface area contributed by atoms with Crippen LogP contribution < -0.4 is 15.1 Å². The second kappa shape index (κ2) is 7.74. The van der Waals surface area contributed by atoms with Crippen molar-refractivity contribution in [2.24, 2.45) is 5.92 Å². The van der Waals surface area contributed by atoms with Gasteiger partial charge in [-0.25, -0.2) is 4.39 Å². The minimum atomic E-state index is -0.489. The van der Waals surface area contributed by atoms with E-state index in [0.29, 0.717) is 6.54 Å². The number of nitrogens with zero attached hydrogens (tertiary/aromatic N) is 2. The molecule has 0 spiro atoms. The number of halogens is 1. The van der Waals surface area contributed by atoms with E-state index in [1.165, 1.54) is 17.2 Å². The third-order valence-corrected chi connectivity index (χ3v) is 6.58. The summed E-state index contributed by atoms with van der Waals surface area (Å²) in [6.07, 6.45) is 5.57. The molecule has 2 aromatic carbocycles. The van der Waals surface area contributed by atoms with Gasteiger partial charge in [0, 0.05) is 31.7 Å². The van der Waals surface area contributed by atoms with E-state index in [4.69, 9.17) is 0 Å². The molecule has 1 unspecified atom stereocenters. The largest absolute Gasteiger partial charge is 0.370 e. The quantitative estimate of drug-likeness (QED) is 0.836. The summed E-state index contributed by atoms with van der Waals surface area (Å²) in [7, 11) is 0. The lowest BCUT2D eigenvalue weighted by molar-refractivity contribution is -0.122. The first-order chi connectivity index (χ1) is 14.6. The Balaban J connectivity index is 1.33. The van der Waals surface area contributed by atoms with Crippen LogP contribution in [0.1, 0.15) is 36.8 Å². The number of aryl methyl sites for hydroxylation is 2. The Morgan fingerprint density at radius 2 is 1.83 bits per heavy atom. The molecule has 0 saturated carbocycles. The average molecular weight is 407 g/mol. The second-order valence-corrected chi connectivity index (χ2v) is 8.53. The van der Waals surface area contributed by atoms with Crippen LogP contribution in [-0.4, -0.2) is 31.4 Å². The van der Waals surface area contributed by atoms with Crippen molar-refractivity contribution in [2.45, 2.75) is 38.5 Å². The molecule has 3 aliphatic rings. The standard InChI is InChI=1S/C24H26FN3O2/c25-20-7-4-8-21(27-11-1-2-12-27)23(20)26-24(30)18-14-22(29)28(15-18)19-10-9-16-5-3-6-17(16)13-19/h4,7-10,13,18H,1-3,5-6,11-12,14-15H2,(H,26,30). The highest BCUT2D eigenvalue weighted by Crippen LogP contribution is 2.34. The lowest BCUT2D eigenvalue weighted by Crippen LogP contribution is -2.29. The van der Waals surface area contributed by atoms with Crippen molar-refractivity contribution in [1.82, 2.24) is 0 Å². The van der Waals surface area contributed by atoms with Gasteiger partial charge in [0.05, 0.1) is 11.6 Å². The van der Waals surface area contributed by atoms with Gasteiger partial charge in [0.15, 0.2) is 0 Å². The smallest absolute Gasteiger partial charge is 0.229 e. The van der Waals surface area contributed by atoms with Gasteiger partial charge >= 0.3 is 0 Å². The summed E-state index contributed by atoms with van der Waals surface area (Å²) < 4.78 is 14.6. The fourth-order valence-electron chi connectivity index (χ4n) is 4.94. The molecule has 6 heteroatoms. The van der Waals surface area contributed by atoms with E-state index in [-0.39, 0.29) is 23.9 Å². The van der Waals surface area contributed by atoms with Crippen LogP contribution in [-0.2, 0) is 22.4 Å². The molecule has 0 radical (unpaired) electrons. The normalized spacial score (nSPS) is 20.7. The van der Waals surface area contributed by atoms with Crippen molar-refractivity contribution < 1.29 is 14.0 Å². The molecule has 2 heterocycles. The van der Waals surface area contributed by atoms with Gasteiger partial charge in [-0.2, -0.15) is 0 Å². The van der Waals surface area contributed by atoms with Crippen LogP contribution in [0.4, 0.5) is 21.5 Å². The summed E-state index contributed by atoms with van der Waals surface area (Å²) in [6, 6.07) is 11.0. The maximum absolute atomic E-state index is 14.6. The van der Waals surface area contributed by atoms with Gasteiger partial charge in [0.25, 0.3) is 0 Å². The molecule has 1 N–H and O–H groups in total. The van der Waals surface area contributed by atoms with Crippen LogP contribution in [0.2, 0.25) is 0 Å². The highest BCUT2D eigenvalue weighted by molar-refractivity contribution is 6.04. The van der Waals surface area contributed by atoms with Crippen molar-refractivity contribution in [2.75, 3.05) is 34.8 Å². The Morgan fingerprint density at radius 1 is 1.03 bits per heavy atom. The summed E-state index contributed by atoms with van der Waals surface area (Å²) in [4.78, 5) is 29.4. The molecule has 156 valence electrons. The monoisotopic (exact) mass is 407 g/mol. The minimum absolute atomic E-state index is 0.0543. The van der Waals surface area contributed by atoms with Crippen LogP contribution in [0, 0.1) is 11.7 Å². The highest BCUT2D eigenvalue weighted by atomic mass is 19.1. The van der Waals surface area contributed by atoms with Crippen molar-refractivity contribution in [3.63, 3.8) is 0 Å². The Hall–Kier alpha value is -2.89. The molecule has 2 aromatic rings. The SMILES string of the molecule is O=C(Nc1c(F)cccc1N1CCCC1)C1CC(=O)N(c2ccc3c(c2)CCC3)C1. The number of carbonyl (C=O) groups excluding carboxylic acids is 2. The molecule has 1 aliphatic carbocycles. The summed E-state index contributed by atoms with van der Waals surface area (Å²) in [5.74, 6) is -1.27. The van der Waals surface area contributed by atoms with E-state index in [2.05, 4.69) is 22.3 Å². The predicted molar refractivity (Wildman–Crippen MR) is 115 cm³/mol. The van der Waals surface area contributed by atoms with Crippen molar-refractivity contribution in [3.05, 3.63) is 53.3 Å². The zero-order valence-corrected chi connectivity index (χ0v) is 17.0. The Bertz CT molecular complexity index is 1000. The molecule has 5 rings (SSSR count). The number of nitrogens with one attached hydrogen (secondary N) is 1. The first-order valence-electron chi connectivity index (χ1n) is 10.9. The van der Waals surface area contributed by atoms with Crippen molar-refractivity contribution in [1.29, 1.82) is 0 Å². The Labute approximate surface area is 175 Å². The maximum atomic E-state index is 14.6. The fraction of sp³-hybridized carbons (Fsp3) is 0.417. The molecule has 5 nitrogen and oxygen atoms in total. The molecule has 2 saturated heterocycles. The van der Waals surface area contributed by atoms with Crippen LogP contribution in [0.5, 0.6) is 0 Å². The third-order valence-electron chi connectivity index (χ3n) is 6.58. The van der Waals surface area contributed by atoms with Crippen LogP contribution in [0.25, 0.3) is 0 Å². The number of anilines is 3. The van der Waals surface area contributed by atoms with Gasteiger partial charge in [-0.1, -0.05) is 12.1 Å². The van der Waals surface area contributed by atoms with Crippen LogP contribution in [0.3, 0.4) is 0 Å². The first kappa shape index (κ1) is 19.1. The first-order valence-corrected chi connectivity index (χ1v) is 10.9. The molecule has 2 amide bonds. The van der Waals surface area contributed by atoms with Gasteiger partial charge in [-0.05, 0) is 67.5 Å². The molecule has 30 heavy (non-hydrogen) atoms. The number of rotatable bonds is 4. The van der Waals surface area contributed by atoms with E-state index in [9.17, 15) is 14.0 Å². The van der Waals surface area contributed by atoms with Crippen LogP contribution in [0.15, 0.2) is 36.4 Å². The van der Waals surface area contributed by atoms with Gasteiger partial charge in [-0.15, -0.1) is 0 Å². The molecular formula is C24H26FN3O2. The topological polar surface area (TPSA) is 52.7 Å². The lowest BCUT2D eigenvalue weighted by atomic mass is 10.1. The van der Waals surface area contributed by atoms with Gasteiger partial charge in [0.2, 0.25) is 11.8 Å². The zero-order chi connectivity index (χ0) is 20.7. The van der Waals surface area contributed by atoms with E-state index < -0.39 is 11.7 Å². The molecule has 1 atom stereocenters. The summed E-state index contributed by atoms with van der Waals surface area (Å²) in [5, 5.41) is 2.80. The minimum Gasteiger partial charge on any atom is -0.370 e. The number of hydrogen-bond acceptors (Lipinski definition) is 3. The summed E-state index contributed by atoms with van der Waals surface area (Å²) >= 11 is 0. The molecule has 0 bridgehead atoms. The fourth-order valence-corrected chi connectivity index (χ4v) is 4.94. The summed E-state index contributed by atoms with van der Waals surface area (Å²) in [6.45, 7) is 2.05. The van der Waals surface area contributed by atoms with E-state index in [0.717, 1.165) is 56.6 Å². The maximum Gasteiger partial charge on any atom is 0.229 e. The third kappa shape index (κ3) is 3.44. The highest BCUT2D eigenvalue weighted by Gasteiger charge is 2.36. The van der Waals surface area contributed by atoms with Gasteiger partial charge < -0.3 is 15.1 Å². The van der Waals surface area contributed by atoms with E-state index in [1.807, 2.05) is 12.1 Å². The number of benzene rings is 2. The Kier molecular flexibility index (Phi) is 4.93. The zero-order valence-electron chi connectivity index (χ0n) is 17.0.